The van der Waals surface area contributed by atoms with Gasteiger partial charge in [0.1, 0.15) is 17.1 Å². The maximum atomic E-state index is 13.9. The molecule has 1 N–H and O–H groups in total. The number of carbonyl (C=O) groups is 1. The topological polar surface area (TPSA) is 80.0 Å². The average Bonchev–Trinajstić information content (AvgIpc) is 3.04. The Labute approximate surface area is 163 Å². The highest BCUT2D eigenvalue weighted by Gasteiger charge is 2.26. The molecule has 0 atom stereocenters. The normalized spacial score (nSPS) is 11.0. The average molecular weight is 437 g/mol. The van der Waals surface area contributed by atoms with Gasteiger partial charge in [-0.15, -0.1) is 5.10 Å². The predicted octanol–water partition coefficient (Wildman–Crippen LogP) is 3.54. The summed E-state index contributed by atoms with van der Waals surface area (Å²) >= 11 is 3.18. The Balaban J connectivity index is 2.11. The van der Waals surface area contributed by atoms with Crippen LogP contribution in [0, 0.1) is 5.82 Å². The number of esters is 1. The first-order valence-corrected chi connectivity index (χ1v) is 9.18. The molecule has 2 aromatic heterocycles. The standard InChI is InChI=1S/C18H18BrFN4O3/c1-3-23(10-11-13(25)7-6-12(20)15(11)19)17-14(18(26)27-4-2)16-21-8-5-9-24(16)22-17/h5-9,25H,3-4,10H2,1-2H3. The van der Waals surface area contributed by atoms with Gasteiger partial charge in [0.15, 0.2) is 11.5 Å². The fraction of sp³-hybridized carbons (Fsp3) is 0.278. The molecule has 9 heteroatoms. The van der Waals surface area contributed by atoms with Crippen molar-refractivity contribution in [1.82, 2.24) is 14.6 Å². The van der Waals surface area contributed by atoms with Gasteiger partial charge in [-0.25, -0.2) is 18.7 Å². The van der Waals surface area contributed by atoms with Crippen molar-refractivity contribution < 1.29 is 19.0 Å². The fourth-order valence-electron chi connectivity index (χ4n) is 2.74. The number of aromatic nitrogens is 3. The third-order valence-corrected chi connectivity index (χ3v) is 4.92. The number of carbonyl (C=O) groups excluding carboxylic acids is 1. The van der Waals surface area contributed by atoms with Gasteiger partial charge < -0.3 is 14.7 Å². The number of aromatic hydroxyl groups is 1. The van der Waals surface area contributed by atoms with Crippen LogP contribution >= 0.6 is 15.9 Å². The van der Waals surface area contributed by atoms with Gasteiger partial charge in [-0.05, 0) is 48.0 Å². The Kier molecular flexibility index (Phi) is 5.59. The van der Waals surface area contributed by atoms with Gasteiger partial charge in [-0.1, -0.05) is 0 Å². The van der Waals surface area contributed by atoms with Crippen LogP contribution in [-0.2, 0) is 11.3 Å². The first kappa shape index (κ1) is 19.1. The Bertz CT molecular complexity index is 992. The number of phenolic OH excluding ortho intramolecular Hbond substituents is 1. The second kappa shape index (κ2) is 7.91. The van der Waals surface area contributed by atoms with Crippen molar-refractivity contribution >= 4 is 33.4 Å². The summed E-state index contributed by atoms with van der Waals surface area (Å²) < 4.78 is 20.7. The van der Waals surface area contributed by atoms with Gasteiger partial charge in [0, 0.05) is 31.0 Å². The van der Waals surface area contributed by atoms with Crippen molar-refractivity contribution in [3.8, 4) is 5.75 Å². The van der Waals surface area contributed by atoms with Crippen molar-refractivity contribution in [3.05, 3.63) is 52.0 Å². The quantitative estimate of drug-likeness (QED) is 0.595. The maximum absolute atomic E-state index is 13.9. The smallest absolute Gasteiger partial charge is 0.345 e. The SMILES string of the molecule is CCOC(=O)c1c(N(CC)Cc2c(O)ccc(F)c2Br)nn2cccnc12. The molecule has 0 aliphatic rings. The predicted molar refractivity (Wildman–Crippen MR) is 101 cm³/mol. The molecule has 3 rings (SSSR count). The van der Waals surface area contributed by atoms with Crippen LogP contribution in [0.25, 0.3) is 5.65 Å². The van der Waals surface area contributed by atoms with Crippen molar-refractivity contribution in [1.29, 1.82) is 0 Å². The Morgan fingerprint density at radius 2 is 2.19 bits per heavy atom. The number of nitrogens with zero attached hydrogens (tertiary/aromatic N) is 4. The molecule has 0 bridgehead atoms. The van der Waals surface area contributed by atoms with E-state index < -0.39 is 11.8 Å². The van der Waals surface area contributed by atoms with Crippen molar-refractivity contribution in [2.75, 3.05) is 18.1 Å². The third-order valence-electron chi connectivity index (χ3n) is 4.06. The van der Waals surface area contributed by atoms with Crippen LogP contribution in [0.15, 0.2) is 35.1 Å². The molecular weight excluding hydrogens is 419 g/mol. The zero-order valence-electron chi connectivity index (χ0n) is 14.8. The summed E-state index contributed by atoms with van der Waals surface area (Å²) in [5.41, 5.74) is 0.954. The van der Waals surface area contributed by atoms with Gasteiger partial charge in [0.25, 0.3) is 0 Å². The Morgan fingerprint density at radius 3 is 2.89 bits per heavy atom. The number of fused-ring (bicyclic) bond motifs is 1. The number of hydrogen-bond donors (Lipinski definition) is 1. The van der Waals surface area contributed by atoms with E-state index in [0.29, 0.717) is 23.6 Å². The summed E-state index contributed by atoms with van der Waals surface area (Å²) in [4.78, 5) is 18.5. The second-order valence-electron chi connectivity index (χ2n) is 5.68. The maximum Gasteiger partial charge on any atom is 0.345 e. The number of ether oxygens (including phenoxy) is 1. The first-order valence-electron chi connectivity index (χ1n) is 8.39. The molecule has 2 heterocycles. The summed E-state index contributed by atoms with van der Waals surface area (Å²) in [5, 5.41) is 14.6. The van der Waals surface area contributed by atoms with Gasteiger partial charge in [0.2, 0.25) is 0 Å². The van der Waals surface area contributed by atoms with E-state index in [9.17, 15) is 14.3 Å². The number of rotatable bonds is 6. The number of hydrogen-bond acceptors (Lipinski definition) is 6. The van der Waals surface area contributed by atoms with Crippen molar-refractivity contribution in [2.24, 2.45) is 0 Å². The Hall–Kier alpha value is -2.68. The molecule has 3 aromatic rings. The second-order valence-corrected chi connectivity index (χ2v) is 6.47. The minimum atomic E-state index is -0.540. The van der Waals surface area contributed by atoms with Gasteiger partial charge in [-0.3, -0.25) is 0 Å². The minimum Gasteiger partial charge on any atom is -0.508 e. The molecule has 27 heavy (non-hydrogen) atoms. The van der Waals surface area contributed by atoms with E-state index in [1.54, 1.807) is 30.3 Å². The van der Waals surface area contributed by atoms with E-state index in [1.807, 2.05) is 6.92 Å². The number of phenols is 1. The molecular formula is C18H18BrFN4O3. The number of halogens is 2. The van der Waals surface area contributed by atoms with E-state index in [-0.39, 0.29) is 28.9 Å². The lowest BCUT2D eigenvalue weighted by Crippen LogP contribution is -2.25. The lowest BCUT2D eigenvalue weighted by molar-refractivity contribution is 0.0529. The third kappa shape index (κ3) is 3.59. The molecule has 0 spiro atoms. The summed E-state index contributed by atoms with van der Waals surface area (Å²) in [6, 6.07) is 4.17. The molecule has 7 nitrogen and oxygen atoms in total. The number of anilines is 1. The zero-order valence-corrected chi connectivity index (χ0v) is 16.4. The van der Waals surface area contributed by atoms with Crippen LogP contribution in [-0.4, -0.2) is 38.8 Å². The molecule has 0 unspecified atom stereocenters. The minimum absolute atomic E-state index is 0.0544. The molecule has 0 radical (unpaired) electrons. The van der Waals surface area contributed by atoms with E-state index in [1.165, 1.54) is 16.6 Å². The van der Waals surface area contributed by atoms with Gasteiger partial charge >= 0.3 is 5.97 Å². The van der Waals surface area contributed by atoms with Crippen molar-refractivity contribution in [2.45, 2.75) is 20.4 Å². The van der Waals surface area contributed by atoms with E-state index in [4.69, 9.17) is 4.74 Å². The lowest BCUT2D eigenvalue weighted by Gasteiger charge is -2.22. The Morgan fingerprint density at radius 1 is 1.41 bits per heavy atom. The highest BCUT2D eigenvalue weighted by molar-refractivity contribution is 9.10. The van der Waals surface area contributed by atoms with Crippen LogP contribution in [0.1, 0.15) is 29.8 Å². The van der Waals surface area contributed by atoms with Crippen LogP contribution in [0.3, 0.4) is 0 Å². The largest absolute Gasteiger partial charge is 0.508 e. The molecule has 0 fully saturated rings. The van der Waals surface area contributed by atoms with Crippen LogP contribution in [0.4, 0.5) is 10.2 Å². The molecule has 0 saturated heterocycles. The summed E-state index contributed by atoms with van der Waals surface area (Å²) in [5.74, 6) is -0.727. The van der Waals surface area contributed by atoms with E-state index >= 15 is 0 Å². The molecule has 0 aliphatic carbocycles. The summed E-state index contributed by atoms with van der Waals surface area (Å²) in [6.07, 6.45) is 3.24. The monoisotopic (exact) mass is 436 g/mol. The lowest BCUT2D eigenvalue weighted by atomic mass is 10.1. The van der Waals surface area contributed by atoms with Gasteiger partial charge in [0.05, 0.1) is 11.1 Å². The highest BCUT2D eigenvalue weighted by atomic mass is 79.9. The fourth-order valence-corrected chi connectivity index (χ4v) is 3.20. The van der Waals surface area contributed by atoms with Gasteiger partial charge in [-0.2, -0.15) is 0 Å². The van der Waals surface area contributed by atoms with Crippen LogP contribution in [0.2, 0.25) is 0 Å². The first-order chi connectivity index (χ1) is 13.0. The summed E-state index contributed by atoms with van der Waals surface area (Å²) in [6.45, 7) is 4.40. The van der Waals surface area contributed by atoms with E-state index in [0.717, 1.165) is 0 Å². The highest BCUT2D eigenvalue weighted by Crippen LogP contribution is 2.32. The molecule has 0 saturated carbocycles. The van der Waals surface area contributed by atoms with Crippen LogP contribution < -0.4 is 4.90 Å². The summed E-state index contributed by atoms with van der Waals surface area (Å²) in [7, 11) is 0. The van der Waals surface area contributed by atoms with Crippen LogP contribution in [0.5, 0.6) is 5.75 Å². The molecule has 142 valence electrons. The zero-order chi connectivity index (χ0) is 19.6. The molecule has 0 aliphatic heterocycles. The van der Waals surface area contributed by atoms with E-state index in [2.05, 4.69) is 26.0 Å². The molecule has 0 amide bonds. The molecule has 1 aromatic carbocycles. The van der Waals surface area contributed by atoms with Crippen molar-refractivity contribution in [3.63, 3.8) is 0 Å². The number of benzene rings is 1.